The maximum Gasteiger partial charge on any atom is 0.137 e. The van der Waals surface area contributed by atoms with Gasteiger partial charge in [-0.05, 0) is 29.8 Å². The molecule has 1 atom stereocenters. The summed E-state index contributed by atoms with van der Waals surface area (Å²) in [6, 6.07) is 10.1. The summed E-state index contributed by atoms with van der Waals surface area (Å²) in [6.45, 7) is 0. The number of hydrogen-bond donors (Lipinski definition) is 1. The Labute approximate surface area is 126 Å². The smallest absolute Gasteiger partial charge is 0.137 e. The molecule has 0 bridgehead atoms. The van der Waals surface area contributed by atoms with Crippen LogP contribution in [0.4, 0.5) is 0 Å². The molecule has 1 N–H and O–H groups in total. The zero-order valence-electron chi connectivity index (χ0n) is 10.0. The largest absolute Gasteiger partial charge is 0.495 e. The Morgan fingerprint density at radius 2 is 1.63 bits per heavy atom. The van der Waals surface area contributed by atoms with Gasteiger partial charge in [-0.25, -0.2) is 0 Å². The number of rotatable bonds is 3. The van der Waals surface area contributed by atoms with E-state index in [0.29, 0.717) is 31.9 Å². The fourth-order valence-electron chi connectivity index (χ4n) is 1.79. The van der Waals surface area contributed by atoms with Gasteiger partial charge in [0.15, 0.2) is 0 Å². The average Bonchev–Trinajstić information content (AvgIpc) is 2.39. The Morgan fingerprint density at radius 3 is 2.21 bits per heavy atom. The summed E-state index contributed by atoms with van der Waals surface area (Å²) in [5, 5.41) is 11.7. The van der Waals surface area contributed by atoms with Crippen LogP contribution in [0.1, 0.15) is 17.2 Å². The van der Waals surface area contributed by atoms with E-state index in [4.69, 9.17) is 39.5 Å². The number of hydrogen-bond acceptors (Lipinski definition) is 2. The second-order valence-electron chi connectivity index (χ2n) is 3.93. The molecule has 19 heavy (non-hydrogen) atoms. The first-order valence-corrected chi connectivity index (χ1v) is 6.63. The van der Waals surface area contributed by atoms with Gasteiger partial charge in [0.1, 0.15) is 11.9 Å². The molecule has 0 amide bonds. The fourth-order valence-corrected chi connectivity index (χ4v) is 2.58. The molecule has 0 spiro atoms. The van der Waals surface area contributed by atoms with Crippen LogP contribution in [0.15, 0.2) is 36.4 Å². The van der Waals surface area contributed by atoms with E-state index in [9.17, 15) is 5.11 Å². The van der Waals surface area contributed by atoms with Crippen molar-refractivity contribution in [1.82, 2.24) is 0 Å². The molecule has 5 heteroatoms. The van der Waals surface area contributed by atoms with Gasteiger partial charge in [-0.2, -0.15) is 0 Å². The van der Waals surface area contributed by atoms with Gasteiger partial charge in [0.2, 0.25) is 0 Å². The first kappa shape index (κ1) is 14.5. The molecule has 0 heterocycles. The van der Waals surface area contributed by atoms with E-state index in [-0.39, 0.29) is 0 Å². The Hall–Kier alpha value is -0.930. The van der Waals surface area contributed by atoms with E-state index in [1.807, 2.05) is 0 Å². The molecule has 2 aromatic carbocycles. The second kappa shape index (κ2) is 6.02. The average molecular weight is 318 g/mol. The fraction of sp³-hybridized carbons (Fsp3) is 0.143. The number of aliphatic hydroxyl groups excluding tert-OH is 1. The van der Waals surface area contributed by atoms with Gasteiger partial charge in [-0.1, -0.05) is 46.9 Å². The SMILES string of the molecule is COc1cc(C(O)c2c(Cl)cccc2Cl)ccc1Cl. The Morgan fingerprint density at radius 1 is 1.00 bits per heavy atom. The van der Waals surface area contributed by atoms with Gasteiger partial charge < -0.3 is 9.84 Å². The highest BCUT2D eigenvalue weighted by Gasteiger charge is 2.18. The van der Waals surface area contributed by atoms with Crippen LogP contribution < -0.4 is 4.74 Å². The van der Waals surface area contributed by atoms with Crippen molar-refractivity contribution in [3.8, 4) is 5.75 Å². The van der Waals surface area contributed by atoms with Crippen molar-refractivity contribution < 1.29 is 9.84 Å². The number of benzene rings is 2. The second-order valence-corrected chi connectivity index (χ2v) is 5.15. The molecule has 100 valence electrons. The highest BCUT2D eigenvalue weighted by Crippen LogP contribution is 2.36. The first-order valence-electron chi connectivity index (χ1n) is 5.50. The summed E-state index contributed by atoms with van der Waals surface area (Å²) in [6.07, 6.45) is -0.938. The van der Waals surface area contributed by atoms with Crippen LogP contribution in [0, 0.1) is 0 Å². The maximum atomic E-state index is 10.4. The molecule has 0 radical (unpaired) electrons. The van der Waals surface area contributed by atoms with Gasteiger partial charge in [-0.3, -0.25) is 0 Å². The standard InChI is InChI=1S/C14H11Cl3O2/c1-19-12-7-8(5-6-9(12)15)14(18)13-10(16)3-2-4-11(13)17/h2-7,14,18H,1H3. The van der Waals surface area contributed by atoms with Crippen molar-refractivity contribution in [2.75, 3.05) is 7.11 Å². The molecule has 0 aliphatic heterocycles. The number of ether oxygens (including phenoxy) is 1. The first-order chi connectivity index (χ1) is 9.04. The lowest BCUT2D eigenvalue weighted by atomic mass is 10.0. The molecular weight excluding hydrogens is 307 g/mol. The molecule has 1 unspecified atom stereocenters. The quantitative estimate of drug-likeness (QED) is 0.886. The van der Waals surface area contributed by atoms with Crippen LogP contribution in [-0.4, -0.2) is 12.2 Å². The minimum atomic E-state index is -0.938. The molecule has 0 aliphatic carbocycles. The molecule has 0 saturated heterocycles. The van der Waals surface area contributed by atoms with Gasteiger partial charge in [0, 0.05) is 15.6 Å². The summed E-state index contributed by atoms with van der Waals surface area (Å²) in [5.41, 5.74) is 1.08. The number of methoxy groups -OCH3 is 1. The molecule has 2 rings (SSSR count). The highest BCUT2D eigenvalue weighted by molar-refractivity contribution is 6.36. The van der Waals surface area contributed by atoms with Crippen LogP contribution in [0.25, 0.3) is 0 Å². The van der Waals surface area contributed by atoms with Crippen molar-refractivity contribution in [2.45, 2.75) is 6.10 Å². The van der Waals surface area contributed by atoms with E-state index < -0.39 is 6.10 Å². The summed E-state index contributed by atoms with van der Waals surface area (Å²) in [4.78, 5) is 0. The van der Waals surface area contributed by atoms with Crippen molar-refractivity contribution >= 4 is 34.8 Å². The lowest BCUT2D eigenvalue weighted by Crippen LogP contribution is -2.02. The third-order valence-electron chi connectivity index (χ3n) is 2.76. The predicted molar refractivity (Wildman–Crippen MR) is 78.5 cm³/mol. The summed E-state index contributed by atoms with van der Waals surface area (Å²) >= 11 is 18.1. The Balaban J connectivity index is 2.47. The zero-order valence-corrected chi connectivity index (χ0v) is 12.3. The van der Waals surface area contributed by atoms with Gasteiger partial charge in [-0.15, -0.1) is 0 Å². The normalized spacial score (nSPS) is 12.3. The van der Waals surface area contributed by atoms with Crippen molar-refractivity contribution in [1.29, 1.82) is 0 Å². The van der Waals surface area contributed by atoms with Crippen LogP contribution in [0.2, 0.25) is 15.1 Å². The molecule has 2 aromatic rings. The molecule has 0 aliphatic rings. The molecule has 2 nitrogen and oxygen atoms in total. The van der Waals surface area contributed by atoms with Gasteiger partial charge >= 0.3 is 0 Å². The van der Waals surface area contributed by atoms with Crippen LogP contribution in [0.5, 0.6) is 5.75 Å². The number of aliphatic hydroxyl groups is 1. The Bertz CT molecular complexity index is 579. The third kappa shape index (κ3) is 2.98. The molecule has 0 fully saturated rings. The summed E-state index contributed by atoms with van der Waals surface area (Å²) in [7, 11) is 1.51. The van der Waals surface area contributed by atoms with Crippen LogP contribution in [0.3, 0.4) is 0 Å². The van der Waals surface area contributed by atoms with Crippen LogP contribution in [-0.2, 0) is 0 Å². The van der Waals surface area contributed by atoms with E-state index in [1.54, 1.807) is 36.4 Å². The lowest BCUT2D eigenvalue weighted by molar-refractivity contribution is 0.220. The minimum absolute atomic E-state index is 0.411. The third-order valence-corrected chi connectivity index (χ3v) is 3.74. The van der Waals surface area contributed by atoms with Gasteiger partial charge in [0.05, 0.1) is 12.1 Å². The Kier molecular flexibility index (Phi) is 4.58. The summed E-state index contributed by atoms with van der Waals surface area (Å²) in [5.74, 6) is 0.487. The lowest BCUT2D eigenvalue weighted by Gasteiger charge is -2.16. The monoisotopic (exact) mass is 316 g/mol. The minimum Gasteiger partial charge on any atom is -0.495 e. The van der Waals surface area contributed by atoms with Gasteiger partial charge in [0.25, 0.3) is 0 Å². The van der Waals surface area contributed by atoms with E-state index in [0.717, 1.165) is 0 Å². The highest BCUT2D eigenvalue weighted by atomic mass is 35.5. The zero-order chi connectivity index (χ0) is 14.0. The molecule has 0 aromatic heterocycles. The van der Waals surface area contributed by atoms with E-state index in [1.165, 1.54) is 7.11 Å². The van der Waals surface area contributed by atoms with Crippen molar-refractivity contribution in [2.24, 2.45) is 0 Å². The van der Waals surface area contributed by atoms with Crippen LogP contribution >= 0.6 is 34.8 Å². The van der Waals surface area contributed by atoms with Crippen molar-refractivity contribution in [3.63, 3.8) is 0 Å². The maximum absolute atomic E-state index is 10.4. The molecule has 0 saturated carbocycles. The van der Waals surface area contributed by atoms with E-state index in [2.05, 4.69) is 0 Å². The molecular formula is C14H11Cl3O2. The topological polar surface area (TPSA) is 29.5 Å². The predicted octanol–water partition coefficient (Wildman–Crippen LogP) is 4.74. The van der Waals surface area contributed by atoms with Crippen molar-refractivity contribution in [3.05, 3.63) is 62.6 Å². The number of halogens is 3. The summed E-state index contributed by atoms with van der Waals surface area (Å²) < 4.78 is 5.12. The van der Waals surface area contributed by atoms with E-state index >= 15 is 0 Å².